The number of para-hydroxylation sites is 1. The number of amides is 2. The molecule has 2 amide bonds. The lowest BCUT2D eigenvalue weighted by molar-refractivity contribution is -0.117. The molecule has 1 atom stereocenters. The highest BCUT2D eigenvalue weighted by atomic mass is 16.5. The number of rotatable bonds is 7. The quantitative estimate of drug-likeness (QED) is 0.632. The Morgan fingerprint density at radius 1 is 1.13 bits per heavy atom. The van der Waals surface area contributed by atoms with Gasteiger partial charge in [-0.3, -0.25) is 9.59 Å². The molecule has 1 unspecified atom stereocenters. The highest BCUT2D eigenvalue weighted by Crippen LogP contribution is 2.25. The molecule has 3 aromatic rings. The lowest BCUT2D eigenvalue weighted by Crippen LogP contribution is -2.28. The zero-order valence-corrected chi connectivity index (χ0v) is 17.7. The smallest absolute Gasteiger partial charge is 0.276 e. The number of hydrogen-bond donors (Lipinski definition) is 1. The van der Waals surface area contributed by atoms with Gasteiger partial charge in [-0.25, -0.2) is 4.68 Å². The molecule has 4 rings (SSSR count). The first-order valence-corrected chi connectivity index (χ1v) is 10.6. The number of hydrogen-bond acceptors (Lipinski definition) is 4. The van der Waals surface area contributed by atoms with Crippen molar-refractivity contribution in [3.8, 4) is 11.4 Å². The third kappa shape index (κ3) is 4.45. The normalized spacial score (nSPS) is 14.5. The number of aromatic nitrogens is 2. The standard InChI is InChI=1S/C24H26N4O3/c1-3-31-21-16-28(20-8-5-4-6-9-20)26-23(21)24(30)25-17(2)18-11-13-19(14-12-18)27-15-7-10-22(27)29/h4-6,8-9,11-14,16-17H,3,7,10,15H2,1-2H3,(H,25,30). The molecule has 160 valence electrons. The third-order valence-electron chi connectivity index (χ3n) is 5.34. The fourth-order valence-electron chi connectivity index (χ4n) is 3.70. The van der Waals surface area contributed by atoms with Crippen molar-refractivity contribution in [1.29, 1.82) is 0 Å². The summed E-state index contributed by atoms with van der Waals surface area (Å²) in [5.74, 6) is 0.301. The van der Waals surface area contributed by atoms with E-state index in [1.54, 1.807) is 15.8 Å². The van der Waals surface area contributed by atoms with Crippen molar-refractivity contribution in [2.24, 2.45) is 0 Å². The van der Waals surface area contributed by atoms with E-state index < -0.39 is 0 Å². The molecule has 0 saturated carbocycles. The summed E-state index contributed by atoms with van der Waals surface area (Å²) < 4.78 is 7.29. The molecule has 7 nitrogen and oxygen atoms in total. The van der Waals surface area contributed by atoms with Gasteiger partial charge in [0.05, 0.1) is 24.5 Å². The zero-order valence-electron chi connectivity index (χ0n) is 17.7. The van der Waals surface area contributed by atoms with Gasteiger partial charge in [0, 0.05) is 18.7 Å². The number of benzene rings is 2. The van der Waals surface area contributed by atoms with Gasteiger partial charge in [-0.15, -0.1) is 0 Å². The van der Waals surface area contributed by atoms with Crippen molar-refractivity contribution < 1.29 is 14.3 Å². The molecule has 0 radical (unpaired) electrons. The van der Waals surface area contributed by atoms with Crippen LogP contribution >= 0.6 is 0 Å². The molecule has 1 aliphatic rings. The van der Waals surface area contributed by atoms with Gasteiger partial charge in [0.2, 0.25) is 5.91 Å². The molecule has 0 spiro atoms. The Hall–Kier alpha value is -3.61. The van der Waals surface area contributed by atoms with Crippen molar-refractivity contribution in [2.45, 2.75) is 32.7 Å². The third-order valence-corrected chi connectivity index (χ3v) is 5.34. The summed E-state index contributed by atoms with van der Waals surface area (Å²) >= 11 is 0. The Kier molecular flexibility index (Phi) is 6.02. The summed E-state index contributed by atoms with van der Waals surface area (Å²) in [7, 11) is 0. The van der Waals surface area contributed by atoms with Gasteiger partial charge in [0.1, 0.15) is 0 Å². The van der Waals surface area contributed by atoms with Crippen molar-refractivity contribution in [1.82, 2.24) is 15.1 Å². The first-order valence-electron chi connectivity index (χ1n) is 10.6. The zero-order chi connectivity index (χ0) is 21.8. The molecule has 0 bridgehead atoms. The van der Waals surface area contributed by atoms with E-state index >= 15 is 0 Å². The summed E-state index contributed by atoms with van der Waals surface area (Å²) in [5, 5.41) is 7.45. The van der Waals surface area contributed by atoms with Crippen LogP contribution in [0.4, 0.5) is 5.69 Å². The number of ether oxygens (including phenoxy) is 1. The van der Waals surface area contributed by atoms with Gasteiger partial charge in [0.25, 0.3) is 5.91 Å². The molecular formula is C24H26N4O3. The summed E-state index contributed by atoms with van der Waals surface area (Å²) in [6, 6.07) is 17.1. The summed E-state index contributed by atoms with van der Waals surface area (Å²) in [6.07, 6.45) is 3.22. The molecule has 1 aromatic heterocycles. The largest absolute Gasteiger partial charge is 0.490 e. The maximum Gasteiger partial charge on any atom is 0.276 e. The average Bonchev–Trinajstić information content (AvgIpc) is 3.41. The van der Waals surface area contributed by atoms with E-state index in [-0.39, 0.29) is 23.6 Å². The predicted molar refractivity (Wildman–Crippen MR) is 119 cm³/mol. The number of nitrogens with one attached hydrogen (secondary N) is 1. The van der Waals surface area contributed by atoms with Crippen molar-refractivity contribution in [3.63, 3.8) is 0 Å². The van der Waals surface area contributed by atoms with Gasteiger partial charge in [-0.05, 0) is 50.1 Å². The second kappa shape index (κ2) is 9.04. The minimum absolute atomic E-state index is 0.159. The fraction of sp³-hybridized carbons (Fsp3) is 0.292. The maximum atomic E-state index is 13.0. The minimum atomic E-state index is -0.301. The van der Waals surface area contributed by atoms with E-state index in [4.69, 9.17) is 4.74 Å². The Morgan fingerprint density at radius 2 is 1.87 bits per heavy atom. The summed E-state index contributed by atoms with van der Waals surface area (Å²) in [4.78, 5) is 26.7. The van der Waals surface area contributed by atoms with Crippen LogP contribution in [0.15, 0.2) is 60.8 Å². The molecule has 0 aliphatic carbocycles. The maximum absolute atomic E-state index is 13.0. The molecule has 1 saturated heterocycles. The van der Waals surface area contributed by atoms with Crippen LogP contribution in [0.1, 0.15) is 48.8 Å². The second-order valence-corrected chi connectivity index (χ2v) is 7.49. The second-order valence-electron chi connectivity index (χ2n) is 7.49. The predicted octanol–water partition coefficient (Wildman–Crippen LogP) is 3.89. The molecule has 1 fully saturated rings. The van der Waals surface area contributed by atoms with Crippen LogP contribution in [0, 0.1) is 0 Å². The van der Waals surface area contributed by atoms with E-state index in [0.29, 0.717) is 18.8 Å². The molecule has 2 heterocycles. The van der Waals surface area contributed by atoms with Gasteiger partial charge in [-0.2, -0.15) is 5.10 Å². The van der Waals surface area contributed by atoms with Crippen LogP contribution in [0.25, 0.3) is 5.69 Å². The molecule has 1 aliphatic heterocycles. The lowest BCUT2D eigenvalue weighted by Gasteiger charge is -2.18. The van der Waals surface area contributed by atoms with Gasteiger partial charge in [0.15, 0.2) is 11.4 Å². The first kappa shape index (κ1) is 20.7. The van der Waals surface area contributed by atoms with Gasteiger partial charge in [-0.1, -0.05) is 30.3 Å². The van der Waals surface area contributed by atoms with E-state index in [1.165, 1.54) is 0 Å². The molecule has 7 heteroatoms. The molecular weight excluding hydrogens is 392 g/mol. The number of anilines is 1. The van der Waals surface area contributed by atoms with Crippen molar-refractivity contribution in [3.05, 3.63) is 72.1 Å². The van der Waals surface area contributed by atoms with Crippen LogP contribution in [0.2, 0.25) is 0 Å². The Balaban J connectivity index is 1.49. The average molecular weight is 418 g/mol. The number of carbonyl (C=O) groups is 2. The van der Waals surface area contributed by atoms with Crippen LogP contribution in [0.5, 0.6) is 5.75 Å². The van der Waals surface area contributed by atoms with Crippen molar-refractivity contribution >= 4 is 17.5 Å². The fourth-order valence-corrected chi connectivity index (χ4v) is 3.70. The highest BCUT2D eigenvalue weighted by molar-refractivity contribution is 5.96. The van der Waals surface area contributed by atoms with E-state index in [0.717, 1.165) is 29.9 Å². The van der Waals surface area contributed by atoms with Gasteiger partial charge < -0.3 is 15.0 Å². The van der Waals surface area contributed by atoms with Crippen LogP contribution in [-0.4, -0.2) is 34.7 Å². The monoisotopic (exact) mass is 418 g/mol. The topological polar surface area (TPSA) is 76.5 Å². The molecule has 31 heavy (non-hydrogen) atoms. The summed E-state index contributed by atoms with van der Waals surface area (Å²) in [6.45, 7) is 4.99. The Morgan fingerprint density at radius 3 is 2.52 bits per heavy atom. The molecule has 2 aromatic carbocycles. The SMILES string of the molecule is CCOc1cn(-c2ccccc2)nc1C(=O)NC(C)c1ccc(N2CCCC2=O)cc1. The minimum Gasteiger partial charge on any atom is -0.490 e. The molecule has 1 N–H and O–H groups in total. The Labute approximate surface area is 181 Å². The van der Waals surface area contributed by atoms with E-state index in [2.05, 4.69) is 10.4 Å². The highest BCUT2D eigenvalue weighted by Gasteiger charge is 2.23. The van der Waals surface area contributed by atoms with Crippen LogP contribution < -0.4 is 15.0 Å². The lowest BCUT2D eigenvalue weighted by atomic mass is 10.1. The van der Waals surface area contributed by atoms with Crippen molar-refractivity contribution in [2.75, 3.05) is 18.1 Å². The van der Waals surface area contributed by atoms with Gasteiger partial charge >= 0.3 is 0 Å². The van der Waals surface area contributed by atoms with Crippen LogP contribution in [0.3, 0.4) is 0 Å². The van der Waals surface area contributed by atoms with E-state index in [1.807, 2.05) is 68.4 Å². The first-order chi connectivity index (χ1) is 15.1. The van der Waals surface area contributed by atoms with E-state index in [9.17, 15) is 9.59 Å². The summed E-state index contributed by atoms with van der Waals surface area (Å²) in [5.41, 5.74) is 2.94. The van der Waals surface area contributed by atoms with Crippen LogP contribution in [-0.2, 0) is 4.79 Å². The number of nitrogens with zero attached hydrogens (tertiary/aromatic N) is 3. The number of carbonyl (C=O) groups excluding carboxylic acids is 2. The Bertz CT molecular complexity index is 1060.